The zero-order valence-electron chi connectivity index (χ0n) is 15.1. The summed E-state index contributed by atoms with van der Waals surface area (Å²) in [7, 11) is 1.68. The van der Waals surface area contributed by atoms with Gasteiger partial charge in [-0.2, -0.15) is 0 Å². The molecule has 0 aromatic heterocycles. The topological polar surface area (TPSA) is 27.7 Å². The van der Waals surface area contributed by atoms with Gasteiger partial charge in [-0.15, -0.1) is 0 Å². The summed E-state index contributed by atoms with van der Waals surface area (Å²) in [6.45, 7) is 3.40. The number of benzene rings is 2. The summed E-state index contributed by atoms with van der Waals surface area (Å²) in [5, 5.41) is 0. The first-order valence-electron chi connectivity index (χ1n) is 9.24. The van der Waals surface area contributed by atoms with Crippen LogP contribution in [0.15, 0.2) is 48.5 Å². The first-order valence-corrected chi connectivity index (χ1v) is 9.24. The highest BCUT2D eigenvalue weighted by atomic mass is 16.5. The van der Waals surface area contributed by atoms with Gasteiger partial charge in [0, 0.05) is 19.6 Å². The Bertz CT molecular complexity index is 608. The zero-order valence-corrected chi connectivity index (χ0v) is 15.1. The molecule has 0 amide bonds. The summed E-state index contributed by atoms with van der Waals surface area (Å²) >= 11 is 0. The number of hydrogen-bond donors (Lipinski definition) is 0. The number of fused-ring (bicyclic) bond motifs is 3. The van der Waals surface area contributed by atoms with Gasteiger partial charge in [0.05, 0.1) is 26.4 Å². The van der Waals surface area contributed by atoms with Gasteiger partial charge >= 0.3 is 0 Å². The van der Waals surface area contributed by atoms with Crippen molar-refractivity contribution in [2.45, 2.75) is 25.2 Å². The summed E-state index contributed by atoms with van der Waals surface area (Å²) in [4.78, 5) is 0. The van der Waals surface area contributed by atoms with Crippen LogP contribution in [0.5, 0.6) is 0 Å². The Hall–Kier alpha value is -1.68. The van der Waals surface area contributed by atoms with Gasteiger partial charge < -0.3 is 14.2 Å². The molecule has 0 N–H and O–H groups in total. The molecule has 0 spiro atoms. The molecule has 0 radical (unpaired) electrons. The van der Waals surface area contributed by atoms with E-state index in [2.05, 4.69) is 48.5 Å². The predicted octanol–water partition coefficient (Wildman–Crippen LogP) is 4.65. The molecule has 0 saturated carbocycles. The fourth-order valence-corrected chi connectivity index (χ4v) is 3.59. The first kappa shape index (κ1) is 18.1. The number of rotatable bonds is 11. The molecule has 3 nitrogen and oxygen atoms in total. The van der Waals surface area contributed by atoms with Gasteiger partial charge in [0.2, 0.25) is 0 Å². The Morgan fingerprint density at radius 1 is 0.680 bits per heavy atom. The van der Waals surface area contributed by atoms with E-state index in [0.29, 0.717) is 32.3 Å². The average Bonchev–Trinajstić information content (AvgIpc) is 2.97. The van der Waals surface area contributed by atoms with Gasteiger partial charge in [-0.1, -0.05) is 55.0 Å². The van der Waals surface area contributed by atoms with Crippen LogP contribution in [0.3, 0.4) is 0 Å². The second-order valence-electron chi connectivity index (χ2n) is 6.44. The third-order valence-corrected chi connectivity index (χ3v) is 4.80. The number of ether oxygens (including phenoxy) is 3. The molecule has 0 saturated heterocycles. The minimum atomic E-state index is 0.532. The van der Waals surface area contributed by atoms with Crippen molar-refractivity contribution >= 4 is 0 Å². The van der Waals surface area contributed by atoms with Crippen LogP contribution in [0.2, 0.25) is 0 Å². The molecule has 0 heterocycles. The highest BCUT2D eigenvalue weighted by Gasteiger charge is 2.27. The first-order chi connectivity index (χ1) is 12.4. The van der Waals surface area contributed by atoms with Gasteiger partial charge in [0.1, 0.15) is 0 Å². The van der Waals surface area contributed by atoms with E-state index < -0.39 is 0 Å². The lowest BCUT2D eigenvalue weighted by molar-refractivity contribution is 0.0239. The van der Waals surface area contributed by atoms with E-state index in [1.165, 1.54) is 35.1 Å². The van der Waals surface area contributed by atoms with E-state index in [9.17, 15) is 0 Å². The molecule has 3 rings (SSSR count). The minimum absolute atomic E-state index is 0.532. The van der Waals surface area contributed by atoms with E-state index in [0.717, 1.165) is 13.0 Å². The van der Waals surface area contributed by atoms with Crippen molar-refractivity contribution in [2.24, 2.45) is 0 Å². The minimum Gasteiger partial charge on any atom is -0.382 e. The van der Waals surface area contributed by atoms with Crippen molar-refractivity contribution in [2.75, 3.05) is 40.1 Å². The maximum absolute atomic E-state index is 5.65. The Kier molecular flexibility index (Phi) is 7.04. The molecular weight excluding hydrogens is 312 g/mol. The molecule has 1 aliphatic rings. The fourth-order valence-electron chi connectivity index (χ4n) is 3.59. The Balaban J connectivity index is 1.40. The standard InChI is InChI=1S/C22H28O3/c1-23-14-15-25-17-16-24-13-7-6-12-22-20-10-4-2-8-18(20)19-9-3-5-11-21(19)22/h2-5,8-11,22H,6-7,12-17H2,1H3. The molecule has 25 heavy (non-hydrogen) atoms. The van der Waals surface area contributed by atoms with Crippen LogP contribution in [0.25, 0.3) is 11.1 Å². The molecule has 0 unspecified atom stereocenters. The Morgan fingerprint density at radius 2 is 1.24 bits per heavy atom. The second kappa shape index (κ2) is 9.71. The van der Waals surface area contributed by atoms with Crippen molar-refractivity contribution < 1.29 is 14.2 Å². The Labute approximate surface area is 150 Å². The van der Waals surface area contributed by atoms with Crippen molar-refractivity contribution in [3.05, 3.63) is 59.7 Å². The van der Waals surface area contributed by atoms with Crippen LogP contribution in [-0.2, 0) is 14.2 Å². The molecule has 0 aliphatic heterocycles. The van der Waals surface area contributed by atoms with E-state index in [1.54, 1.807) is 7.11 Å². The number of unbranched alkanes of at least 4 members (excludes halogenated alkanes) is 1. The quantitative estimate of drug-likeness (QED) is 0.557. The van der Waals surface area contributed by atoms with Gasteiger partial charge in [-0.3, -0.25) is 0 Å². The molecule has 2 aromatic rings. The molecule has 0 atom stereocenters. The normalized spacial score (nSPS) is 13.0. The number of hydrogen-bond acceptors (Lipinski definition) is 3. The van der Waals surface area contributed by atoms with E-state index in [-0.39, 0.29) is 0 Å². The summed E-state index contributed by atoms with van der Waals surface area (Å²) < 4.78 is 16.0. The van der Waals surface area contributed by atoms with Gasteiger partial charge in [-0.25, -0.2) is 0 Å². The lowest BCUT2D eigenvalue weighted by atomic mass is 9.92. The summed E-state index contributed by atoms with van der Waals surface area (Å²) in [6.07, 6.45) is 3.46. The van der Waals surface area contributed by atoms with E-state index in [4.69, 9.17) is 14.2 Å². The van der Waals surface area contributed by atoms with Gasteiger partial charge in [0.15, 0.2) is 0 Å². The lowest BCUT2D eigenvalue weighted by Gasteiger charge is -2.13. The van der Waals surface area contributed by atoms with Crippen LogP contribution >= 0.6 is 0 Å². The smallest absolute Gasteiger partial charge is 0.0701 e. The largest absolute Gasteiger partial charge is 0.382 e. The average molecular weight is 340 g/mol. The third kappa shape index (κ3) is 4.69. The monoisotopic (exact) mass is 340 g/mol. The number of methoxy groups -OCH3 is 1. The highest BCUT2D eigenvalue weighted by Crippen LogP contribution is 2.46. The SMILES string of the molecule is COCCOCCOCCCCC1c2ccccc2-c2ccccc21. The van der Waals surface area contributed by atoms with Crippen LogP contribution in [-0.4, -0.2) is 40.1 Å². The molecule has 1 aliphatic carbocycles. The molecule has 2 aromatic carbocycles. The van der Waals surface area contributed by atoms with Crippen LogP contribution in [0, 0.1) is 0 Å². The molecule has 3 heteroatoms. The summed E-state index contributed by atoms with van der Waals surface area (Å²) in [5.41, 5.74) is 5.78. The second-order valence-corrected chi connectivity index (χ2v) is 6.44. The van der Waals surface area contributed by atoms with Crippen molar-refractivity contribution in [3.8, 4) is 11.1 Å². The van der Waals surface area contributed by atoms with Crippen LogP contribution in [0.4, 0.5) is 0 Å². The summed E-state index contributed by atoms with van der Waals surface area (Å²) in [5.74, 6) is 0.532. The highest BCUT2D eigenvalue weighted by molar-refractivity contribution is 5.78. The maximum atomic E-state index is 5.65. The molecule has 0 bridgehead atoms. The fraction of sp³-hybridized carbons (Fsp3) is 0.455. The maximum Gasteiger partial charge on any atom is 0.0701 e. The zero-order chi connectivity index (χ0) is 17.3. The van der Waals surface area contributed by atoms with Crippen molar-refractivity contribution in [1.82, 2.24) is 0 Å². The molecule has 134 valence electrons. The predicted molar refractivity (Wildman–Crippen MR) is 101 cm³/mol. The third-order valence-electron chi connectivity index (χ3n) is 4.80. The molecule has 0 fully saturated rings. The van der Waals surface area contributed by atoms with Crippen LogP contribution < -0.4 is 0 Å². The van der Waals surface area contributed by atoms with E-state index in [1.807, 2.05) is 0 Å². The lowest BCUT2D eigenvalue weighted by Crippen LogP contribution is -2.09. The van der Waals surface area contributed by atoms with Crippen LogP contribution in [0.1, 0.15) is 36.3 Å². The summed E-state index contributed by atoms with van der Waals surface area (Å²) in [6, 6.07) is 17.7. The van der Waals surface area contributed by atoms with Crippen molar-refractivity contribution in [1.29, 1.82) is 0 Å². The molecular formula is C22H28O3. The van der Waals surface area contributed by atoms with Gasteiger partial charge in [-0.05, 0) is 35.1 Å². The Morgan fingerprint density at radius 3 is 1.88 bits per heavy atom. The van der Waals surface area contributed by atoms with Gasteiger partial charge in [0.25, 0.3) is 0 Å². The van der Waals surface area contributed by atoms with Crippen molar-refractivity contribution in [3.63, 3.8) is 0 Å². The van der Waals surface area contributed by atoms with E-state index >= 15 is 0 Å².